The average molecular weight is 277 g/mol. The molecule has 3 atom stereocenters. The maximum Gasteiger partial charge on any atom is 0.138 e. The summed E-state index contributed by atoms with van der Waals surface area (Å²) in [5, 5.41) is 0. The molecule has 1 aliphatic carbocycles. The van der Waals surface area contributed by atoms with Crippen molar-refractivity contribution in [3.8, 4) is 0 Å². The minimum absolute atomic E-state index is 0.108. The zero-order valence-corrected chi connectivity index (χ0v) is 12.6. The Morgan fingerprint density at radius 2 is 1.90 bits per heavy atom. The van der Waals surface area contributed by atoms with Crippen LogP contribution in [0.4, 0.5) is 10.1 Å². The van der Waals surface area contributed by atoms with Gasteiger partial charge in [-0.2, -0.15) is 0 Å². The normalized spacial score (nSPS) is 26.6. The molecular weight excluding hydrogens is 253 g/mol. The van der Waals surface area contributed by atoms with Gasteiger partial charge in [-0.3, -0.25) is 4.79 Å². The zero-order valence-electron chi connectivity index (χ0n) is 12.6. The number of carbonyl (C=O) groups excluding carboxylic acids is 1. The van der Waals surface area contributed by atoms with Gasteiger partial charge in [0.05, 0.1) is 0 Å². The molecule has 1 fully saturated rings. The van der Waals surface area contributed by atoms with E-state index in [2.05, 4.69) is 25.7 Å². The molecule has 1 aromatic rings. The van der Waals surface area contributed by atoms with E-state index in [0.717, 1.165) is 25.2 Å². The third kappa shape index (κ3) is 3.38. The van der Waals surface area contributed by atoms with E-state index in [1.54, 1.807) is 12.1 Å². The summed E-state index contributed by atoms with van der Waals surface area (Å²) in [6.07, 6.45) is 1.83. The van der Waals surface area contributed by atoms with Crippen LogP contribution in [0, 0.1) is 23.6 Å². The highest BCUT2D eigenvalue weighted by Gasteiger charge is 2.33. The first-order valence-electron chi connectivity index (χ1n) is 7.54. The second kappa shape index (κ2) is 6.38. The molecule has 0 radical (unpaired) electrons. The SMILES string of the molecule is CCN(CC1C(=O)CC(C)CC1C)c1ccc(F)cc1. The number of ketones is 1. The molecule has 20 heavy (non-hydrogen) atoms. The Labute approximate surface area is 121 Å². The fourth-order valence-electron chi connectivity index (χ4n) is 3.28. The Morgan fingerprint density at radius 3 is 2.45 bits per heavy atom. The number of benzene rings is 1. The fourth-order valence-corrected chi connectivity index (χ4v) is 3.28. The minimum Gasteiger partial charge on any atom is -0.371 e. The van der Waals surface area contributed by atoms with Crippen molar-refractivity contribution in [2.24, 2.45) is 17.8 Å². The molecule has 0 aliphatic heterocycles. The predicted octanol–water partition coefficient (Wildman–Crippen LogP) is 3.90. The quantitative estimate of drug-likeness (QED) is 0.832. The van der Waals surface area contributed by atoms with Gasteiger partial charge >= 0.3 is 0 Å². The highest BCUT2D eigenvalue weighted by Crippen LogP contribution is 2.32. The summed E-state index contributed by atoms with van der Waals surface area (Å²) < 4.78 is 13.0. The summed E-state index contributed by atoms with van der Waals surface area (Å²) in [7, 11) is 0. The lowest BCUT2D eigenvalue weighted by molar-refractivity contribution is -0.127. The van der Waals surface area contributed by atoms with Gasteiger partial charge in [-0.1, -0.05) is 13.8 Å². The predicted molar refractivity (Wildman–Crippen MR) is 80.3 cm³/mol. The number of anilines is 1. The van der Waals surface area contributed by atoms with E-state index in [0.29, 0.717) is 24.0 Å². The van der Waals surface area contributed by atoms with Crippen LogP contribution in [0.3, 0.4) is 0 Å². The topological polar surface area (TPSA) is 20.3 Å². The summed E-state index contributed by atoms with van der Waals surface area (Å²) in [5.74, 6) is 1.21. The van der Waals surface area contributed by atoms with Crippen molar-refractivity contribution >= 4 is 11.5 Å². The van der Waals surface area contributed by atoms with Crippen molar-refractivity contribution in [2.75, 3.05) is 18.0 Å². The van der Waals surface area contributed by atoms with Crippen LogP contribution in [-0.2, 0) is 4.79 Å². The van der Waals surface area contributed by atoms with Crippen molar-refractivity contribution in [3.63, 3.8) is 0 Å². The number of halogens is 1. The highest BCUT2D eigenvalue weighted by atomic mass is 19.1. The summed E-state index contributed by atoms with van der Waals surface area (Å²) in [4.78, 5) is 14.4. The van der Waals surface area contributed by atoms with Gasteiger partial charge in [0.15, 0.2) is 0 Å². The smallest absolute Gasteiger partial charge is 0.138 e. The Kier molecular flexibility index (Phi) is 4.79. The first-order valence-corrected chi connectivity index (χ1v) is 7.54. The van der Waals surface area contributed by atoms with Crippen molar-refractivity contribution < 1.29 is 9.18 Å². The molecule has 3 heteroatoms. The van der Waals surface area contributed by atoms with Crippen molar-refractivity contribution in [1.82, 2.24) is 0 Å². The van der Waals surface area contributed by atoms with Gasteiger partial charge < -0.3 is 4.90 Å². The van der Waals surface area contributed by atoms with E-state index in [1.807, 2.05) is 0 Å². The first-order chi connectivity index (χ1) is 9.51. The molecule has 0 amide bonds. The van der Waals surface area contributed by atoms with Crippen molar-refractivity contribution in [1.29, 1.82) is 0 Å². The molecule has 3 unspecified atom stereocenters. The summed E-state index contributed by atoms with van der Waals surface area (Å²) in [6, 6.07) is 6.54. The van der Waals surface area contributed by atoms with Gasteiger partial charge in [0, 0.05) is 31.1 Å². The van der Waals surface area contributed by atoms with E-state index in [4.69, 9.17) is 0 Å². The molecule has 0 saturated heterocycles. The largest absolute Gasteiger partial charge is 0.371 e. The Balaban J connectivity index is 2.09. The Bertz CT molecular complexity index is 457. The third-order valence-corrected chi connectivity index (χ3v) is 4.41. The number of hydrogen-bond acceptors (Lipinski definition) is 2. The molecule has 1 aromatic carbocycles. The molecule has 1 saturated carbocycles. The standard InChI is InChI=1S/C17H24FNO/c1-4-19(15-7-5-14(18)6-8-15)11-16-13(3)9-12(2)10-17(16)20/h5-8,12-13,16H,4,9-11H2,1-3H3. The fraction of sp³-hybridized carbons (Fsp3) is 0.588. The lowest BCUT2D eigenvalue weighted by atomic mass is 9.74. The first kappa shape index (κ1) is 15.0. The van der Waals surface area contributed by atoms with Gasteiger partial charge in [0.2, 0.25) is 0 Å². The van der Waals surface area contributed by atoms with E-state index in [9.17, 15) is 9.18 Å². The summed E-state index contributed by atoms with van der Waals surface area (Å²) >= 11 is 0. The van der Waals surface area contributed by atoms with Crippen LogP contribution in [0.1, 0.15) is 33.6 Å². The van der Waals surface area contributed by atoms with Crippen LogP contribution in [0.25, 0.3) is 0 Å². The molecule has 0 N–H and O–H groups in total. The second-order valence-corrected chi connectivity index (χ2v) is 6.11. The Hall–Kier alpha value is -1.38. The van der Waals surface area contributed by atoms with Crippen LogP contribution in [0.15, 0.2) is 24.3 Å². The van der Waals surface area contributed by atoms with Gasteiger partial charge in [0.25, 0.3) is 0 Å². The van der Waals surface area contributed by atoms with Crippen LogP contribution >= 0.6 is 0 Å². The van der Waals surface area contributed by atoms with Crippen molar-refractivity contribution in [3.05, 3.63) is 30.1 Å². The van der Waals surface area contributed by atoms with Gasteiger partial charge in [-0.15, -0.1) is 0 Å². The van der Waals surface area contributed by atoms with Gasteiger partial charge in [-0.05, 0) is 49.4 Å². The number of rotatable bonds is 4. The van der Waals surface area contributed by atoms with Crippen LogP contribution in [-0.4, -0.2) is 18.9 Å². The number of Topliss-reactive ketones (excluding diaryl/α,β-unsaturated/α-hetero) is 1. The third-order valence-electron chi connectivity index (χ3n) is 4.41. The lowest BCUT2D eigenvalue weighted by Gasteiger charge is -2.35. The average Bonchev–Trinajstić information content (AvgIpc) is 2.39. The van der Waals surface area contributed by atoms with Crippen molar-refractivity contribution in [2.45, 2.75) is 33.6 Å². The van der Waals surface area contributed by atoms with Crippen LogP contribution < -0.4 is 4.90 Å². The van der Waals surface area contributed by atoms with E-state index >= 15 is 0 Å². The molecule has 2 nitrogen and oxygen atoms in total. The molecule has 0 spiro atoms. The number of carbonyl (C=O) groups is 1. The second-order valence-electron chi connectivity index (χ2n) is 6.11. The Morgan fingerprint density at radius 1 is 1.25 bits per heavy atom. The minimum atomic E-state index is -0.222. The maximum absolute atomic E-state index is 13.0. The summed E-state index contributed by atoms with van der Waals surface area (Å²) in [5.41, 5.74) is 0.993. The molecule has 0 heterocycles. The van der Waals surface area contributed by atoms with Gasteiger partial charge in [0.1, 0.15) is 11.6 Å². The molecule has 0 aromatic heterocycles. The van der Waals surface area contributed by atoms with E-state index < -0.39 is 0 Å². The molecule has 1 aliphatic rings. The maximum atomic E-state index is 13.0. The zero-order chi connectivity index (χ0) is 14.7. The summed E-state index contributed by atoms with van der Waals surface area (Å²) in [6.45, 7) is 7.98. The van der Waals surface area contributed by atoms with E-state index in [1.165, 1.54) is 12.1 Å². The number of nitrogens with zero attached hydrogens (tertiary/aromatic N) is 1. The number of hydrogen-bond donors (Lipinski definition) is 0. The van der Waals surface area contributed by atoms with Crippen LogP contribution in [0.5, 0.6) is 0 Å². The van der Waals surface area contributed by atoms with E-state index in [-0.39, 0.29) is 11.7 Å². The van der Waals surface area contributed by atoms with Gasteiger partial charge in [-0.25, -0.2) is 4.39 Å². The molecule has 110 valence electrons. The lowest BCUT2D eigenvalue weighted by Crippen LogP contribution is -2.40. The molecule has 0 bridgehead atoms. The molecular formula is C17H24FNO. The van der Waals surface area contributed by atoms with Crippen LogP contribution in [0.2, 0.25) is 0 Å². The highest BCUT2D eigenvalue weighted by molar-refractivity contribution is 5.83. The molecule has 2 rings (SSSR count). The monoisotopic (exact) mass is 277 g/mol.